The highest BCUT2D eigenvalue weighted by Crippen LogP contribution is 2.26. The highest BCUT2D eigenvalue weighted by Gasteiger charge is 2.10. The quantitative estimate of drug-likeness (QED) is 0.821. The number of rotatable bonds is 4. The zero-order valence-corrected chi connectivity index (χ0v) is 12.6. The van der Waals surface area contributed by atoms with Crippen LogP contribution in [0.25, 0.3) is 0 Å². The third-order valence-electron chi connectivity index (χ3n) is 2.73. The van der Waals surface area contributed by atoms with Gasteiger partial charge in [0.25, 0.3) is 0 Å². The molecule has 0 bridgehead atoms. The van der Waals surface area contributed by atoms with Crippen molar-refractivity contribution in [3.8, 4) is 5.75 Å². The fourth-order valence-electron chi connectivity index (χ4n) is 1.72. The lowest BCUT2D eigenvalue weighted by Crippen LogP contribution is -2.01. The van der Waals surface area contributed by atoms with Gasteiger partial charge < -0.3 is 9.84 Å². The van der Waals surface area contributed by atoms with Crippen molar-refractivity contribution in [1.29, 1.82) is 0 Å². The van der Waals surface area contributed by atoms with Crippen LogP contribution in [0.5, 0.6) is 5.75 Å². The van der Waals surface area contributed by atoms with Crippen LogP contribution in [0.15, 0.2) is 42.5 Å². The fraction of sp³-hybridized carbons (Fsp3) is 0.200. The predicted octanol–water partition coefficient (Wildman–Crippen LogP) is 4.06. The number of hydrogen-bond donors (Lipinski definition) is 1. The average Bonchev–Trinajstić information content (AvgIpc) is 2.39. The van der Waals surface area contributed by atoms with Crippen LogP contribution in [0.4, 0.5) is 4.39 Å². The monoisotopic (exact) mass is 372 g/mol. The second-order valence-electron chi connectivity index (χ2n) is 4.27. The maximum absolute atomic E-state index is 13.1. The van der Waals surface area contributed by atoms with E-state index in [4.69, 9.17) is 4.74 Å². The van der Waals surface area contributed by atoms with Crippen LogP contribution in [0, 0.1) is 9.39 Å². The van der Waals surface area contributed by atoms with Gasteiger partial charge in [0, 0.05) is 9.13 Å². The van der Waals surface area contributed by atoms with Gasteiger partial charge in [-0.2, -0.15) is 0 Å². The molecule has 100 valence electrons. The molecule has 0 aliphatic rings. The Morgan fingerprint density at radius 2 is 1.89 bits per heavy atom. The summed E-state index contributed by atoms with van der Waals surface area (Å²) in [5, 5.41) is 9.61. The lowest BCUT2D eigenvalue weighted by Gasteiger charge is -2.13. The molecule has 2 rings (SSSR count). The molecular weight excluding hydrogens is 358 g/mol. The second kappa shape index (κ2) is 6.34. The smallest absolute Gasteiger partial charge is 0.125 e. The summed E-state index contributed by atoms with van der Waals surface area (Å²) in [6.45, 7) is 1.98. The van der Waals surface area contributed by atoms with Gasteiger partial charge in [-0.15, -0.1) is 0 Å². The van der Waals surface area contributed by atoms with Crippen molar-refractivity contribution in [3.63, 3.8) is 0 Å². The third-order valence-corrected chi connectivity index (χ3v) is 3.45. The van der Waals surface area contributed by atoms with E-state index in [1.807, 2.05) is 24.3 Å². The van der Waals surface area contributed by atoms with Gasteiger partial charge in [-0.05, 0) is 65.4 Å². The first kappa shape index (κ1) is 14.3. The van der Waals surface area contributed by atoms with Crippen molar-refractivity contribution in [2.75, 3.05) is 0 Å². The molecule has 2 aromatic rings. The SMILES string of the molecule is CC(O)c1cc(F)ccc1OCc1ccc(I)cc1. The molecule has 4 heteroatoms. The molecule has 1 atom stereocenters. The number of aliphatic hydroxyl groups is 1. The molecule has 0 aromatic heterocycles. The van der Waals surface area contributed by atoms with Crippen molar-refractivity contribution in [1.82, 2.24) is 0 Å². The Labute approximate surface area is 125 Å². The molecule has 2 aromatic carbocycles. The molecule has 1 unspecified atom stereocenters. The number of benzene rings is 2. The largest absolute Gasteiger partial charge is 0.489 e. The highest BCUT2D eigenvalue weighted by molar-refractivity contribution is 14.1. The van der Waals surface area contributed by atoms with E-state index in [1.54, 1.807) is 13.0 Å². The molecule has 19 heavy (non-hydrogen) atoms. The van der Waals surface area contributed by atoms with E-state index < -0.39 is 6.10 Å². The van der Waals surface area contributed by atoms with Crippen molar-refractivity contribution in [2.24, 2.45) is 0 Å². The Morgan fingerprint density at radius 3 is 2.53 bits per heavy atom. The Kier molecular flexibility index (Phi) is 4.76. The molecular formula is C15H14FIO2. The summed E-state index contributed by atoms with van der Waals surface area (Å²) in [5.74, 6) is 0.132. The minimum atomic E-state index is -0.762. The van der Waals surface area contributed by atoms with Gasteiger partial charge in [-0.25, -0.2) is 4.39 Å². The molecule has 1 N–H and O–H groups in total. The van der Waals surface area contributed by atoms with Crippen molar-refractivity contribution >= 4 is 22.6 Å². The molecule has 0 amide bonds. The summed E-state index contributed by atoms with van der Waals surface area (Å²) in [6, 6.07) is 12.1. The van der Waals surface area contributed by atoms with Crippen molar-refractivity contribution < 1.29 is 14.2 Å². The van der Waals surface area contributed by atoms with Crippen LogP contribution < -0.4 is 4.74 Å². The summed E-state index contributed by atoms with van der Waals surface area (Å²) in [5.41, 5.74) is 1.49. The predicted molar refractivity (Wildman–Crippen MR) is 80.5 cm³/mol. The topological polar surface area (TPSA) is 29.5 Å². The number of halogens is 2. The van der Waals surface area contributed by atoms with E-state index in [1.165, 1.54) is 12.1 Å². The second-order valence-corrected chi connectivity index (χ2v) is 5.52. The van der Waals surface area contributed by atoms with Crippen LogP contribution in [0.3, 0.4) is 0 Å². The van der Waals surface area contributed by atoms with Gasteiger partial charge in [0.05, 0.1) is 6.10 Å². The van der Waals surface area contributed by atoms with Gasteiger partial charge >= 0.3 is 0 Å². The van der Waals surface area contributed by atoms with Gasteiger partial charge in [0.2, 0.25) is 0 Å². The number of aliphatic hydroxyl groups excluding tert-OH is 1. The van der Waals surface area contributed by atoms with E-state index >= 15 is 0 Å². The molecule has 0 fully saturated rings. The Morgan fingerprint density at radius 1 is 1.21 bits per heavy atom. The molecule has 0 radical (unpaired) electrons. The minimum Gasteiger partial charge on any atom is -0.489 e. The fourth-order valence-corrected chi connectivity index (χ4v) is 2.08. The average molecular weight is 372 g/mol. The number of ether oxygens (including phenoxy) is 1. The third kappa shape index (κ3) is 3.91. The summed E-state index contributed by atoms with van der Waals surface area (Å²) in [7, 11) is 0. The number of hydrogen-bond acceptors (Lipinski definition) is 2. The molecule has 0 aliphatic heterocycles. The normalized spacial score (nSPS) is 12.2. The lowest BCUT2D eigenvalue weighted by atomic mass is 10.1. The maximum Gasteiger partial charge on any atom is 0.125 e. The van der Waals surface area contributed by atoms with E-state index in [0.717, 1.165) is 9.13 Å². The minimum absolute atomic E-state index is 0.377. The van der Waals surface area contributed by atoms with E-state index in [0.29, 0.717) is 17.9 Å². The molecule has 0 saturated carbocycles. The molecule has 0 spiro atoms. The van der Waals surface area contributed by atoms with Gasteiger partial charge in [-0.3, -0.25) is 0 Å². The summed E-state index contributed by atoms with van der Waals surface area (Å²) < 4.78 is 20.0. The Hall–Kier alpha value is -1.14. The van der Waals surface area contributed by atoms with Crippen LogP contribution in [0.2, 0.25) is 0 Å². The van der Waals surface area contributed by atoms with E-state index in [-0.39, 0.29) is 5.82 Å². The first-order chi connectivity index (χ1) is 9.06. The summed E-state index contributed by atoms with van der Waals surface area (Å²) in [6.07, 6.45) is -0.762. The van der Waals surface area contributed by atoms with Crippen LogP contribution in [-0.2, 0) is 6.61 Å². The lowest BCUT2D eigenvalue weighted by molar-refractivity contribution is 0.189. The van der Waals surface area contributed by atoms with Crippen LogP contribution in [-0.4, -0.2) is 5.11 Å². The first-order valence-electron chi connectivity index (χ1n) is 5.91. The highest BCUT2D eigenvalue weighted by atomic mass is 127. The van der Waals surface area contributed by atoms with Crippen LogP contribution in [0.1, 0.15) is 24.2 Å². The van der Waals surface area contributed by atoms with Gasteiger partial charge in [0.15, 0.2) is 0 Å². The maximum atomic E-state index is 13.1. The van der Waals surface area contributed by atoms with E-state index in [9.17, 15) is 9.50 Å². The standard InChI is InChI=1S/C15H14FIO2/c1-10(18)14-8-12(16)4-7-15(14)19-9-11-2-5-13(17)6-3-11/h2-8,10,18H,9H2,1H3. The molecule has 0 heterocycles. The first-order valence-corrected chi connectivity index (χ1v) is 6.99. The van der Waals surface area contributed by atoms with Gasteiger partial charge in [-0.1, -0.05) is 12.1 Å². The zero-order chi connectivity index (χ0) is 13.8. The van der Waals surface area contributed by atoms with E-state index in [2.05, 4.69) is 22.6 Å². The van der Waals surface area contributed by atoms with Gasteiger partial charge in [0.1, 0.15) is 18.2 Å². The van der Waals surface area contributed by atoms with Crippen molar-refractivity contribution in [2.45, 2.75) is 19.6 Å². The Bertz CT molecular complexity index is 553. The van der Waals surface area contributed by atoms with Crippen molar-refractivity contribution in [3.05, 3.63) is 63.0 Å². The molecule has 0 aliphatic carbocycles. The Balaban J connectivity index is 2.13. The zero-order valence-electron chi connectivity index (χ0n) is 10.4. The van der Waals surface area contributed by atoms with Crippen LogP contribution >= 0.6 is 22.6 Å². The summed E-state index contributed by atoms with van der Waals surface area (Å²) in [4.78, 5) is 0. The molecule has 2 nitrogen and oxygen atoms in total. The molecule has 0 saturated heterocycles. The summed E-state index contributed by atoms with van der Waals surface area (Å²) >= 11 is 2.24.